The van der Waals surface area contributed by atoms with Gasteiger partial charge in [0.15, 0.2) is 0 Å². The standard InChI is InChI=1S/C16H21NO6S/c18-13-5-4-11(9-12(13)15(20)21)24(22,23)17-8-2-7-16(10-17)6-1-3-14(16)19/h4-5,9,14,18-19H,1-3,6-8,10H2,(H,20,21)/t14-,16+/m1/s1. The first-order valence-electron chi connectivity index (χ1n) is 8.01. The maximum absolute atomic E-state index is 12.9. The van der Waals surface area contributed by atoms with Crippen molar-refractivity contribution in [3.8, 4) is 5.75 Å². The van der Waals surface area contributed by atoms with Crippen molar-refractivity contribution < 1.29 is 28.5 Å². The number of phenols is 1. The predicted octanol–water partition coefficient (Wildman–Crippen LogP) is 1.41. The number of aromatic hydroxyl groups is 1. The van der Waals surface area contributed by atoms with E-state index in [1.165, 1.54) is 10.4 Å². The molecule has 2 atom stereocenters. The molecule has 1 spiro atoms. The van der Waals surface area contributed by atoms with Gasteiger partial charge in [-0.25, -0.2) is 13.2 Å². The van der Waals surface area contributed by atoms with Crippen LogP contribution in [-0.4, -0.2) is 53.2 Å². The van der Waals surface area contributed by atoms with Crippen LogP contribution >= 0.6 is 0 Å². The van der Waals surface area contributed by atoms with Gasteiger partial charge in [0, 0.05) is 18.5 Å². The first-order valence-corrected chi connectivity index (χ1v) is 9.45. The smallest absolute Gasteiger partial charge is 0.339 e. The number of hydrogen-bond donors (Lipinski definition) is 3. The Morgan fingerprint density at radius 3 is 2.58 bits per heavy atom. The van der Waals surface area contributed by atoms with Gasteiger partial charge in [-0.1, -0.05) is 6.42 Å². The third-order valence-electron chi connectivity index (χ3n) is 5.27. The van der Waals surface area contributed by atoms with Crippen LogP contribution in [0.25, 0.3) is 0 Å². The van der Waals surface area contributed by atoms with Gasteiger partial charge in [0.25, 0.3) is 0 Å². The Balaban J connectivity index is 1.93. The molecule has 1 aromatic carbocycles. The second-order valence-electron chi connectivity index (χ2n) is 6.70. The number of aromatic carboxylic acids is 1. The number of carboxylic acids is 1. The molecule has 1 aliphatic carbocycles. The second-order valence-corrected chi connectivity index (χ2v) is 8.63. The van der Waals surface area contributed by atoms with Gasteiger partial charge in [0.05, 0.1) is 11.0 Å². The van der Waals surface area contributed by atoms with Gasteiger partial charge in [0.2, 0.25) is 10.0 Å². The summed E-state index contributed by atoms with van der Waals surface area (Å²) in [6, 6.07) is 3.28. The normalized spacial score (nSPS) is 28.3. The van der Waals surface area contributed by atoms with E-state index in [0.717, 1.165) is 31.4 Å². The molecule has 1 aliphatic heterocycles. The maximum Gasteiger partial charge on any atom is 0.339 e. The van der Waals surface area contributed by atoms with Crippen LogP contribution in [0.4, 0.5) is 0 Å². The molecular weight excluding hydrogens is 334 g/mol. The van der Waals surface area contributed by atoms with E-state index in [2.05, 4.69) is 0 Å². The number of aliphatic hydroxyl groups is 1. The van der Waals surface area contributed by atoms with Crippen LogP contribution in [0.3, 0.4) is 0 Å². The highest BCUT2D eigenvalue weighted by molar-refractivity contribution is 7.89. The number of carbonyl (C=O) groups is 1. The maximum atomic E-state index is 12.9. The zero-order valence-corrected chi connectivity index (χ0v) is 14.0. The average Bonchev–Trinajstić information content (AvgIpc) is 2.87. The van der Waals surface area contributed by atoms with Crippen LogP contribution in [-0.2, 0) is 10.0 Å². The van der Waals surface area contributed by atoms with E-state index in [4.69, 9.17) is 5.11 Å². The van der Waals surface area contributed by atoms with Crippen molar-refractivity contribution in [2.24, 2.45) is 5.41 Å². The van der Waals surface area contributed by atoms with Crippen molar-refractivity contribution in [2.45, 2.75) is 43.1 Å². The van der Waals surface area contributed by atoms with Gasteiger partial charge in [-0.2, -0.15) is 4.31 Å². The topological polar surface area (TPSA) is 115 Å². The minimum absolute atomic E-state index is 0.151. The number of hydrogen-bond acceptors (Lipinski definition) is 5. The number of nitrogens with zero attached hydrogens (tertiary/aromatic N) is 1. The summed E-state index contributed by atoms with van der Waals surface area (Å²) in [5.74, 6) is -1.85. The monoisotopic (exact) mass is 355 g/mol. The van der Waals surface area contributed by atoms with E-state index in [-0.39, 0.29) is 11.4 Å². The number of sulfonamides is 1. The molecule has 0 bridgehead atoms. The van der Waals surface area contributed by atoms with E-state index in [0.29, 0.717) is 19.4 Å². The number of aliphatic hydroxyl groups excluding tert-OH is 1. The molecule has 0 radical (unpaired) electrons. The molecule has 8 heteroatoms. The minimum Gasteiger partial charge on any atom is -0.507 e. The third kappa shape index (κ3) is 2.78. The molecule has 2 fully saturated rings. The lowest BCUT2D eigenvalue weighted by molar-refractivity contribution is 0.0127. The molecule has 1 heterocycles. The summed E-state index contributed by atoms with van der Waals surface area (Å²) in [4.78, 5) is 11.0. The number of rotatable bonds is 3. The van der Waals surface area contributed by atoms with E-state index >= 15 is 0 Å². The lowest BCUT2D eigenvalue weighted by Crippen LogP contribution is -2.49. The first kappa shape index (κ1) is 17.2. The number of carboxylic acid groups (broad SMARTS) is 1. The van der Waals surface area contributed by atoms with Gasteiger partial charge in [-0.3, -0.25) is 0 Å². The molecule has 132 valence electrons. The lowest BCUT2D eigenvalue weighted by atomic mass is 9.77. The van der Waals surface area contributed by atoms with Crippen molar-refractivity contribution in [2.75, 3.05) is 13.1 Å². The van der Waals surface area contributed by atoms with Gasteiger partial charge >= 0.3 is 5.97 Å². The summed E-state index contributed by atoms with van der Waals surface area (Å²) in [5, 5.41) is 28.9. The molecule has 2 aliphatic rings. The van der Waals surface area contributed by atoms with E-state index in [1.807, 2.05) is 0 Å². The molecular formula is C16H21NO6S. The van der Waals surface area contributed by atoms with E-state index < -0.39 is 38.8 Å². The Kier molecular flexibility index (Phi) is 4.31. The third-order valence-corrected chi connectivity index (χ3v) is 7.11. The summed E-state index contributed by atoms with van der Waals surface area (Å²) >= 11 is 0. The molecule has 3 N–H and O–H groups in total. The van der Waals surface area contributed by atoms with Crippen LogP contribution in [0.15, 0.2) is 23.1 Å². The van der Waals surface area contributed by atoms with E-state index in [9.17, 15) is 23.4 Å². The summed E-state index contributed by atoms with van der Waals surface area (Å²) in [5.41, 5.74) is -0.832. The van der Waals surface area contributed by atoms with Crippen LogP contribution < -0.4 is 0 Å². The van der Waals surface area contributed by atoms with Crippen molar-refractivity contribution in [3.05, 3.63) is 23.8 Å². The van der Waals surface area contributed by atoms with E-state index in [1.54, 1.807) is 0 Å². The molecule has 0 aromatic heterocycles. The summed E-state index contributed by atoms with van der Waals surface area (Å²) in [6.45, 7) is 0.597. The predicted molar refractivity (Wildman–Crippen MR) is 85.3 cm³/mol. The van der Waals surface area contributed by atoms with Gasteiger partial charge < -0.3 is 15.3 Å². The second kappa shape index (κ2) is 6.02. The van der Waals surface area contributed by atoms with Gasteiger partial charge in [-0.05, 0) is 43.9 Å². The Bertz CT molecular complexity index is 762. The highest BCUT2D eigenvalue weighted by atomic mass is 32.2. The zero-order chi connectivity index (χ0) is 17.5. The Morgan fingerprint density at radius 1 is 1.25 bits per heavy atom. The fourth-order valence-corrected chi connectivity index (χ4v) is 5.52. The molecule has 24 heavy (non-hydrogen) atoms. The summed E-state index contributed by atoms with van der Waals surface area (Å²) in [7, 11) is -3.87. The van der Waals surface area contributed by atoms with Gasteiger partial charge in [0.1, 0.15) is 11.3 Å². The minimum atomic E-state index is -3.87. The van der Waals surface area contributed by atoms with Crippen molar-refractivity contribution >= 4 is 16.0 Å². The molecule has 0 amide bonds. The van der Waals surface area contributed by atoms with Crippen molar-refractivity contribution in [3.63, 3.8) is 0 Å². The molecule has 7 nitrogen and oxygen atoms in total. The fraction of sp³-hybridized carbons (Fsp3) is 0.562. The van der Waals surface area contributed by atoms with Crippen molar-refractivity contribution in [1.29, 1.82) is 0 Å². The molecule has 3 rings (SSSR count). The summed E-state index contributed by atoms with van der Waals surface area (Å²) < 4.78 is 27.1. The Morgan fingerprint density at radius 2 is 1.96 bits per heavy atom. The van der Waals surface area contributed by atoms with Crippen LogP contribution in [0.1, 0.15) is 42.5 Å². The highest BCUT2D eigenvalue weighted by Gasteiger charge is 2.47. The summed E-state index contributed by atoms with van der Waals surface area (Å²) in [6.07, 6.45) is 3.35. The Labute approximate surface area is 140 Å². The van der Waals surface area contributed by atoms with Crippen LogP contribution in [0.5, 0.6) is 5.75 Å². The van der Waals surface area contributed by atoms with Crippen LogP contribution in [0, 0.1) is 5.41 Å². The largest absolute Gasteiger partial charge is 0.507 e. The quantitative estimate of drug-likeness (QED) is 0.755. The number of piperidine rings is 1. The first-order chi connectivity index (χ1) is 11.3. The molecule has 0 unspecified atom stereocenters. The van der Waals surface area contributed by atoms with Crippen LogP contribution in [0.2, 0.25) is 0 Å². The Hall–Kier alpha value is -1.64. The number of benzene rings is 1. The lowest BCUT2D eigenvalue weighted by Gasteiger charge is -2.41. The fourth-order valence-electron chi connectivity index (χ4n) is 3.91. The molecule has 1 saturated heterocycles. The highest BCUT2D eigenvalue weighted by Crippen LogP contribution is 2.46. The SMILES string of the molecule is O=C(O)c1cc(S(=O)(=O)N2CCC[C@@]3(CCC[C@H]3O)C2)ccc1O. The van der Waals surface area contributed by atoms with Gasteiger partial charge in [-0.15, -0.1) is 0 Å². The average molecular weight is 355 g/mol. The molecule has 1 aromatic rings. The van der Waals surface area contributed by atoms with Crippen molar-refractivity contribution in [1.82, 2.24) is 4.31 Å². The zero-order valence-electron chi connectivity index (χ0n) is 13.2. The molecule has 1 saturated carbocycles.